The van der Waals surface area contributed by atoms with Crippen LogP contribution in [0.4, 0.5) is 51.7 Å². The predicted molar refractivity (Wildman–Crippen MR) is 528 cm³/mol. The highest BCUT2D eigenvalue weighted by Crippen LogP contribution is 2.27. The van der Waals surface area contributed by atoms with Crippen LogP contribution in [0.5, 0.6) is 0 Å². The first kappa shape index (κ1) is 110. The van der Waals surface area contributed by atoms with Crippen molar-refractivity contribution in [1.82, 2.24) is 0 Å². The molecule has 0 aliphatic carbocycles. The molecule has 12 aromatic rings. The van der Waals surface area contributed by atoms with Crippen molar-refractivity contribution < 1.29 is 106 Å². The van der Waals surface area contributed by atoms with Gasteiger partial charge in [0.15, 0.2) is 0 Å². The number of anilines is 6. The van der Waals surface area contributed by atoms with Gasteiger partial charge in [-0.25, -0.2) is 46.3 Å². The number of benzene rings is 12. The third-order valence-corrected chi connectivity index (χ3v) is 21.3. The third-order valence-electron chi connectivity index (χ3n) is 21.3. The highest BCUT2D eigenvalue weighted by atomic mass is 19.1. The Bertz CT molecular complexity index is 6350. The molecule has 12 aromatic carbocycles. The van der Waals surface area contributed by atoms with E-state index >= 15 is 0 Å². The van der Waals surface area contributed by atoms with Crippen LogP contribution in [-0.2, 0) is 38.5 Å². The Kier molecular flexibility index (Phi) is 44.8. The molecule has 0 aliphatic heterocycles. The monoisotopic (exact) mass is 1900 g/mol. The lowest BCUT2D eigenvalue weighted by Crippen LogP contribution is -2.18. The molecule has 12 rings (SSSR count). The summed E-state index contributed by atoms with van der Waals surface area (Å²) in [7, 11) is 0. The zero-order valence-electron chi connectivity index (χ0n) is 78.0. The van der Waals surface area contributed by atoms with Gasteiger partial charge in [-0.15, -0.1) is 0 Å². The van der Waals surface area contributed by atoms with Crippen LogP contribution in [0.3, 0.4) is 0 Å². The summed E-state index contributed by atoms with van der Waals surface area (Å²) in [5.74, 6) is -14.9. The minimum Gasteiger partial charge on any atom is -0.478 e. The second-order valence-electron chi connectivity index (χ2n) is 31.7. The number of hydrogen-bond donors (Lipinski definition) is 12. The minimum absolute atomic E-state index is 0.0309. The Morgan fingerprint density at radius 2 is 0.471 bits per heavy atom. The lowest BCUT2D eigenvalue weighted by molar-refractivity contribution is 0.0678. The molecule has 0 saturated heterocycles. The molecule has 0 fully saturated rings. The van der Waals surface area contributed by atoms with E-state index in [4.69, 9.17) is 30.9 Å². The number of halogens is 4. The van der Waals surface area contributed by atoms with Crippen LogP contribution in [0.2, 0.25) is 0 Å². The number of unbranched alkanes of at least 4 members (excludes halogenated alkanes) is 6. The highest BCUT2D eigenvalue weighted by molar-refractivity contribution is 6.16. The number of amides is 6. The third kappa shape index (κ3) is 34.4. The Labute approximate surface area is 807 Å². The number of nitriles is 2. The largest absolute Gasteiger partial charge is 0.478 e. The van der Waals surface area contributed by atoms with Crippen molar-refractivity contribution in [2.24, 2.45) is 0 Å². The van der Waals surface area contributed by atoms with Gasteiger partial charge in [0, 0.05) is 34.1 Å². The summed E-state index contributed by atoms with van der Waals surface area (Å²) in [5, 5.41) is 88.7. The molecule has 0 atom stereocenters. The van der Waals surface area contributed by atoms with E-state index < -0.39 is 106 Å². The maximum absolute atomic E-state index is 13.8. The Balaban J connectivity index is 0.000000228. The molecule has 0 aliphatic rings. The number of nitrogens with zero attached hydrogens (tertiary/aromatic N) is 2. The van der Waals surface area contributed by atoms with Crippen LogP contribution >= 0.6 is 0 Å². The molecule has 0 spiro atoms. The Morgan fingerprint density at radius 1 is 0.236 bits per heavy atom. The summed E-state index contributed by atoms with van der Waals surface area (Å²) < 4.78 is 53.9. The number of carbonyl (C=O) groups is 12. The number of carbonyl (C=O) groups excluding carboxylic acids is 6. The maximum Gasteiger partial charge on any atom is 0.339 e. The maximum atomic E-state index is 13.8. The number of hydrogen-bond acceptors (Lipinski definition) is 14. The summed E-state index contributed by atoms with van der Waals surface area (Å²) in [5.41, 5.74) is 7.18. The van der Waals surface area contributed by atoms with Gasteiger partial charge in [-0.05, 0) is 268 Å². The van der Waals surface area contributed by atoms with Gasteiger partial charge in [-0.2, -0.15) is 10.5 Å². The summed E-state index contributed by atoms with van der Waals surface area (Å²) in [6.07, 6.45) is 19.1. The lowest BCUT2D eigenvalue weighted by Gasteiger charge is -2.10. The van der Waals surface area contributed by atoms with E-state index in [1.807, 2.05) is 78.9 Å². The second-order valence-corrected chi connectivity index (χ2v) is 31.7. The van der Waals surface area contributed by atoms with Crippen molar-refractivity contribution in [2.45, 2.75) is 157 Å². The van der Waals surface area contributed by atoms with E-state index in [0.29, 0.717) is 34.1 Å². The molecular weight excluding hydrogens is 1800 g/mol. The summed E-state index contributed by atoms with van der Waals surface area (Å²) in [6.45, 7) is 12.7. The number of rotatable bonds is 36. The van der Waals surface area contributed by atoms with Gasteiger partial charge >= 0.3 is 35.8 Å². The molecule has 0 unspecified atom stereocenters. The summed E-state index contributed by atoms with van der Waals surface area (Å²) in [6, 6.07) is 69.5. The number of aryl methyl sites for hydroxylation is 6. The quantitative estimate of drug-likeness (QED) is 0.0162. The normalized spacial score (nSPS) is 10.2. The summed E-state index contributed by atoms with van der Waals surface area (Å²) in [4.78, 5) is 141. The van der Waals surface area contributed by atoms with Gasteiger partial charge in [-0.3, -0.25) is 28.8 Å². The van der Waals surface area contributed by atoms with E-state index in [-0.39, 0.29) is 66.8 Å². The van der Waals surface area contributed by atoms with Crippen LogP contribution < -0.4 is 31.9 Å². The fourth-order valence-corrected chi connectivity index (χ4v) is 13.8. The zero-order valence-corrected chi connectivity index (χ0v) is 78.0. The molecule has 0 bridgehead atoms. The first-order chi connectivity index (χ1) is 67.2. The topological polar surface area (TPSA) is 446 Å². The van der Waals surface area contributed by atoms with Crippen LogP contribution in [0.1, 0.15) is 287 Å². The average Bonchev–Trinajstić information content (AvgIpc) is 0.831. The van der Waals surface area contributed by atoms with Crippen molar-refractivity contribution in [3.8, 4) is 12.1 Å². The van der Waals surface area contributed by atoms with Crippen molar-refractivity contribution in [1.29, 1.82) is 10.5 Å². The van der Waals surface area contributed by atoms with Gasteiger partial charge in [0.2, 0.25) is 0 Å². The fourth-order valence-electron chi connectivity index (χ4n) is 13.8. The molecule has 0 aromatic heterocycles. The highest BCUT2D eigenvalue weighted by Gasteiger charge is 2.27. The Morgan fingerprint density at radius 3 is 0.764 bits per heavy atom. The molecule has 12 N–H and O–H groups in total. The van der Waals surface area contributed by atoms with E-state index in [2.05, 4.69) is 73.4 Å². The standard InChI is InChI=1S/2C19H18N2O3.4C18H18FNO3/c1-2-3-5-13-8-10-15(11-9-13)21-18(22)17-14(12-20)6-4-7-16(17)19(23)24;1-2-3-5-13-8-10-15(11-9-13)21-18(22)16-7-4-6-14(12-20)17(16)19(23)24;1-2-3-5-12-8-10-13(11-9-12)20-17(21)16-14(18(22)23)6-4-7-15(16)19;1-2-3-5-12-8-10-13(11-9-12)20-17(21)14-6-4-7-15(19)16(14)18(22)23;1-2-3-4-12-5-8-14(9-6-12)20-17(21)16-11-13(19)7-10-15(16)18(22)23;1-2-3-4-12-5-8-14(9-6-12)20-17(21)15-10-7-13(19)11-16(15)18(22)23/h2*4,6-11H,2-3,5H2,1H3,(H,21,22)(H,23,24);2*4,6-11H,2-3,5H2,1H3,(H,20,21)(H,22,23);2*5-11H,2-4H2,1H3,(H,20,21)(H,22,23). The van der Waals surface area contributed by atoms with Gasteiger partial charge in [-0.1, -0.05) is 177 Å². The lowest BCUT2D eigenvalue weighted by atomic mass is 10.0. The van der Waals surface area contributed by atoms with Crippen molar-refractivity contribution in [3.05, 3.63) is 389 Å². The molecule has 6 amide bonds. The van der Waals surface area contributed by atoms with Crippen molar-refractivity contribution in [2.75, 3.05) is 31.9 Å². The van der Waals surface area contributed by atoms with Crippen LogP contribution in [-0.4, -0.2) is 102 Å². The first-order valence-corrected chi connectivity index (χ1v) is 45.2. The number of aromatic carboxylic acids is 6. The van der Waals surface area contributed by atoms with Gasteiger partial charge in [0.05, 0.1) is 78.4 Å². The Hall–Kier alpha value is -17.0. The van der Waals surface area contributed by atoms with Gasteiger partial charge in [0.25, 0.3) is 35.4 Å². The SMILES string of the molecule is CCCCc1ccc(NC(=O)c2c(C#N)cccc2C(=O)O)cc1.CCCCc1ccc(NC(=O)c2c(F)cccc2C(=O)O)cc1.CCCCc1ccc(NC(=O)c2cc(F)ccc2C(=O)O)cc1.CCCCc1ccc(NC(=O)c2ccc(F)cc2C(=O)O)cc1.CCCCc1ccc(NC(=O)c2cccc(C#N)c2C(=O)O)cc1.CCCCc1ccc(NC(=O)c2cccc(F)c2C(=O)O)cc1. The molecule has 140 heavy (non-hydrogen) atoms. The van der Waals surface area contributed by atoms with Crippen LogP contribution in [0.25, 0.3) is 0 Å². The number of carboxylic acids is 6. The number of nitrogens with one attached hydrogen (secondary N) is 6. The second kappa shape index (κ2) is 57.0. The smallest absolute Gasteiger partial charge is 0.339 e. The van der Waals surface area contributed by atoms with Crippen molar-refractivity contribution >= 4 is 105 Å². The molecule has 724 valence electrons. The molecule has 0 heterocycles. The van der Waals surface area contributed by atoms with E-state index in [0.717, 1.165) is 164 Å². The molecule has 26 nitrogen and oxygen atoms in total. The molecule has 0 radical (unpaired) electrons. The van der Waals surface area contributed by atoms with E-state index in [9.17, 15) is 85.3 Å². The fraction of sp³-hybridized carbons (Fsp3) is 0.218. The zero-order chi connectivity index (χ0) is 102. The van der Waals surface area contributed by atoms with Gasteiger partial charge < -0.3 is 62.5 Å². The molecule has 0 saturated carbocycles. The first-order valence-electron chi connectivity index (χ1n) is 45.2. The average molecular weight is 1910 g/mol. The molecule has 30 heteroatoms. The minimum atomic E-state index is -1.47. The molecular formula is C110H108F4N8O18. The van der Waals surface area contributed by atoms with Gasteiger partial charge in [0.1, 0.15) is 34.9 Å². The van der Waals surface area contributed by atoms with Crippen LogP contribution in [0, 0.1) is 45.9 Å². The predicted octanol–water partition coefficient (Wildman–Crippen LogP) is 24.2. The number of carboxylic acid groups (broad SMARTS) is 6. The van der Waals surface area contributed by atoms with Crippen LogP contribution in [0.15, 0.2) is 255 Å². The summed E-state index contributed by atoms with van der Waals surface area (Å²) >= 11 is 0. The van der Waals surface area contributed by atoms with E-state index in [1.165, 1.54) is 94.5 Å². The van der Waals surface area contributed by atoms with E-state index in [1.54, 1.807) is 78.9 Å². The van der Waals surface area contributed by atoms with Crippen molar-refractivity contribution in [3.63, 3.8) is 0 Å².